The summed E-state index contributed by atoms with van der Waals surface area (Å²) < 4.78 is 4.69. The molecule has 1 saturated carbocycles. The van der Waals surface area contributed by atoms with Gasteiger partial charge in [0.1, 0.15) is 5.82 Å². The summed E-state index contributed by atoms with van der Waals surface area (Å²) in [6, 6.07) is 1.58. The van der Waals surface area contributed by atoms with Crippen molar-refractivity contribution in [3.63, 3.8) is 0 Å². The second kappa shape index (κ2) is 4.84. The zero-order valence-electron chi connectivity index (χ0n) is 10.8. The lowest BCUT2D eigenvalue weighted by molar-refractivity contribution is 0.0602. The van der Waals surface area contributed by atoms with Crippen molar-refractivity contribution in [1.29, 1.82) is 0 Å². The Balaban J connectivity index is 2.26. The van der Waals surface area contributed by atoms with Crippen LogP contribution in [0.2, 0.25) is 0 Å². The number of methoxy groups -OCH3 is 1. The van der Waals surface area contributed by atoms with Gasteiger partial charge in [0.15, 0.2) is 0 Å². The predicted octanol–water partition coefficient (Wildman–Crippen LogP) is 2.20. The van der Waals surface area contributed by atoms with Gasteiger partial charge in [0.2, 0.25) is 0 Å². The third kappa shape index (κ3) is 2.12. The molecular formula is C13H19N3O2. The van der Waals surface area contributed by atoms with Gasteiger partial charge in [-0.15, -0.1) is 0 Å². The largest absolute Gasteiger partial charge is 0.465 e. The van der Waals surface area contributed by atoms with E-state index in [4.69, 9.17) is 10.5 Å². The van der Waals surface area contributed by atoms with Gasteiger partial charge in [0.05, 0.1) is 18.4 Å². The fraction of sp³-hybridized carbons (Fsp3) is 0.538. The summed E-state index contributed by atoms with van der Waals surface area (Å²) in [5.41, 5.74) is 6.79. The third-order valence-corrected chi connectivity index (χ3v) is 3.77. The van der Waals surface area contributed by atoms with Gasteiger partial charge in [-0.2, -0.15) is 0 Å². The first-order chi connectivity index (χ1) is 8.62. The van der Waals surface area contributed by atoms with Crippen LogP contribution < -0.4 is 11.1 Å². The maximum absolute atomic E-state index is 11.5. The van der Waals surface area contributed by atoms with E-state index >= 15 is 0 Å². The molecule has 0 atom stereocenters. The van der Waals surface area contributed by atoms with Crippen molar-refractivity contribution in [2.75, 3.05) is 18.2 Å². The predicted molar refractivity (Wildman–Crippen MR) is 70.5 cm³/mol. The van der Waals surface area contributed by atoms with Gasteiger partial charge in [-0.25, -0.2) is 9.78 Å². The average Bonchev–Trinajstić information content (AvgIpc) is 2.35. The molecule has 1 aromatic heterocycles. The van der Waals surface area contributed by atoms with Crippen LogP contribution in [0.4, 0.5) is 11.5 Å². The Kier molecular flexibility index (Phi) is 3.41. The number of ether oxygens (including phenoxy) is 1. The summed E-state index contributed by atoms with van der Waals surface area (Å²) in [6.07, 6.45) is 6.06. The SMILES string of the molecule is CCC1(Nc2nccc(C(=O)OC)c2N)CCC1. The van der Waals surface area contributed by atoms with Gasteiger partial charge >= 0.3 is 5.97 Å². The highest BCUT2D eigenvalue weighted by Crippen LogP contribution is 2.38. The number of nitrogens with one attached hydrogen (secondary N) is 1. The van der Waals surface area contributed by atoms with Gasteiger partial charge < -0.3 is 15.8 Å². The molecule has 5 heteroatoms. The zero-order chi connectivity index (χ0) is 13.2. The number of aromatic nitrogens is 1. The summed E-state index contributed by atoms with van der Waals surface area (Å²) in [7, 11) is 1.34. The molecule has 0 aromatic carbocycles. The topological polar surface area (TPSA) is 77.2 Å². The number of esters is 1. The summed E-state index contributed by atoms with van der Waals surface area (Å²) in [5.74, 6) is 0.150. The van der Waals surface area contributed by atoms with Crippen molar-refractivity contribution in [2.24, 2.45) is 0 Å². The van der Waals surface area contributed by atoms with E-state index in [0.29, 0.717) is 17.1 Å². The lowest BCUT2D eigenvalue weighted by Crippen LogP contribution is -2.44. The number of anilines is 2. The fourth-order valence-corrected chi connectivity index (χ4v) is 2.28. The monoisotopic (exact) mass is 249 g/mol. The molecule has 1 aromatic rings. The molecule has 0 unspecified atom stereocenters. The Morgan fingerprint density at radius 2 is 2.33 bits per heavy atom. The number of hydrogen-bond donors (Lipinski definition) is 2. The van der Waals surface area contributed by atoms with E-state index < -0.39 is 5.97 Å². The van der Waals surface area contributed by atoms with Crippen LogP contribution in [0.5, 0.6) is 0 Å². The van der Waals surface area contributed by atoms with Gasteiger partial charge in [-0.05, 0) is 31.7 Å². The molecule has 1 heterocycles. The standard InChI is InChI=1S/C13H19N3O2/c1-3-13(6-4-7-13)16-11-10(14)9(5-8-15-11)12(17)18-2/h5,8H,3-4,6-7,14H2,1-2H3,(H,15,16). The smallest absolute Gasteiger partial charge is 0.340 e. The molecule has 1 fully saturated rings. The third-order valence-electron chi connectivity index (χ3n) is 3.77. The second-order valence-electron chi connectivity index (χ2n) is 4.72. The molecule has 1 aliphatic carbocycles. The van der Waals surface area contributed by atoms with Gasteiger partial charge in [-0.1, -0.05) is 6.92 Å². The number of nitrogens with zero attached hydrogens (tertiary/aromatic N) is 1. The maximum atomic E-state index is 11.5. The van der Waals surface area contributed by atoms with Crippen molar-refractivity contribution in [2.45, 2.75) is 38.1 Å². The number of pyridine rings is 1. The molecule has 3 N–H and O–H groups in total. The van der Waals surface area contributed by atoms with Crippen LogP contribution in [0, 0.1) is 0 Å². The minimum atomic E-state index is -0.433. The van der Waals surface area contributed by atoms with Crippen molar-refractivity contribution < 1.29 is 9.53 Å². The van der Waals surface area contributed by atoms with Crippen molar-refractivity contribution in [3.05, 3.63) is 17.8 Å². The summed E-state index contributed by atoms with van der Waals surface area (Å²) >= 11 is 0. The molecule has 0 aliphatic heterocycles. The van der Waals surface area contributed by atoms with Crippen molar-refractivity contribution in [1.82, 2.24) is 4.98 Å². The number of nitrogens with two attached hydrogens (primary N) is 1. The number of hydrogen-bond acceptors (Lipinski definition) is 5. The summed E-state index contributed by atoms with van der Waals surface area (Å²) in [6.45, 7) is 2.15. The number of rotatable bonds is 4. The molecule has 0 spiro atoms. The maximum Gasteiger partial charge on any atom is 0.340 e. The normalized spacial score (nSPS) is 16.8. The molecule has 0 saturated heterocycles. The van der Waals surface area contributed by atoms with Crippen LogP contribution in [-0.4, -0.2) is 23.6 Å². The minimum absolute atomic E-state index is 0.0931. The molecule has 18 heavy (non-hydrogen) atoms. The van der Waals surface area contributed by atoms with Crippen LogP contribution >= 0.6 is 0 Å². The molecule has 2 rings (SSSR count). The van der Waals surface area contributed by atoms with E-state index in [9.17, 15) is 4.79 Å². The molecule has 1 aliphatic rings. The minimum Gasteiger partial charge on any atom is -0.465 e. The first-order valence-corrected chi connectivity index (χ1v) is 6.23. The van der Waals surface area contributed by atoms with Crippen molar-refractivity contribution in [3.8, 4) is 0 Å². The van der Waals surface area contributed by atoms with Crippen LogP contribution in [-0.2, 0) is 4.74 Å². The lowest BCUT2D eigenvalue weighted by Gasteiger charge is -2.42. The van der Waals surface area contributed by atoms with E-state index in [1.807, 2.05) is 0 Å². The number of carbonyl (C=O) groups is 1. The Labute approximate surface area is 107 Å². The van der Waals surface area contributed by atoms with Gasteiger partial charge in [-0.3, -0.25) is 0 Å². The molecular weight excluding hydrogens is 230 g/mol. The van der Waals surface area contributed by atoms with E-state index in [2.05, 4.69) is 17.2 Å². The zero-order valence-corrected chi connectivity index (χ0v) is 10.8. The van der Waals surface area contributed by atoms with E-state index in [0.717, 1.165) is 19.3 Å². The molecule has 0 radical (unpaired) electrons. The molecule has 5 nitrogen and oxygen atoms in total. The number of carbonyl (C=O) groups excluding carboxylic acids is 1. The first-order valence-electron chi connectivity index (χ1n) is 6.23. The highest BCUT2D eigenvalue weighted by Gasteiger charge is 2.35. The highest BCUT2D eigenvalue weighted by atomic mass is 16.5. The van der Waals surface area contributed by atoms with Gasteiger partial charge in [0.25, 0.3) is 0 Å². The van der Waals surface area contributed by atoms with Gasteiger partial charge in [0, 0.05) is 11.7 Å². The number of nitrogen functional groups attached to an aromatic ring is 1. The van der Waals surface area contributed by atoms with Crippen LogP contribution in [0.15, 0.2) is 12.3 Å². The molecule has 0 bridgehead atoms. The summed E-state index contributed by atoms with van der Waals surface area (Å²) in [4.78, 5) is 15.8. The van der Waals surface area contributed by atoms with Crippen molar-refractivity contribution >= 4 is 17.5 Å². The Bertz CT molecular complexity index is 450. The lowest BCUT2D eigenvalue weighted by atomic mass is 9.75. The van der Waals surface area contributed by atoms with Crippen LogP contribution in [0.3, 0.4) is 0 Å². The molecule has 98 valence electrons. The van der Waals surface area contributed by atoms with E-state index in [1.54, 1.807) is 12.3 Å². The Morgan fingerprint density at radius 1 is 1.61 bits per heavy atom. The van der Waals surface area contributed by atoms with Crippen LogP contribution in [0.1, 0.15) is 43.0 Å². The summed E-state index contributed by atoms with van der Waals surface area (Å²) in [5, 5.41) is 3.39. The first kappa shape index (κ1) is 12.7. The second-order valence-corrected chi connectivity index (χ2v) is 4.72. The van der Waals surface area contributed by atoms with Crippen LogP contribution in [0.25, 0.3) is 0 Å². The van der Waals surface area contributed by atoms with E-state index in [1.165, 1.54) is 13.5 Å². The average molecular weight is 249 g/mol. The Morgan fingerprint density at radius 3 is 2.83 bits per heavy atom. The molecule has 0 amide bonds. The Hall–Kier alpha value is -1.78. The van der Waals surface area contributed by atoms with E-state index in [-0.39, 0.29) is 5.54 Å². The fourth-order valence-electron chi connectivity index (χ4n) is 2.28. The quantitative estimate of drug-likeness (QED) is 0.800. The highest BCUT2D eigenvalue weighted by molar-refractivity contribution is 5.97.